The molecule has 412 valence electrons. The largest absolute Gasteiger partial charge is 0.480 e. The number of nitrogens with one attached hydrogen (secondary N) is 6. The highest BCUT2D eigenvalue weighted by atomic mass is 16.5. The van der Waals surface area contributed by atoms with Crippen LogP contribution in [-0.4, -0.2) is 149 Å². The Hall–Kier alpha value is -8.32. The second-order valence-corrected chi connectivity index (χ2v) is 17.9. The van der Waals surface area contributed by atoms with Crippen LogP contribution in [0.4, 0.5) is 0 Å². The minimum atomic E-state index is -1.92. The number of hydrogen-bond acceptors (Lipinski definition) is 13. The maximum absolute atomic E-state index is 14.4. The number of nitrogens with two attached hydrogens (primary N) is 4. The quantitative estimate of drug-likeness (QED) is 0.0195. The highest BCUT2D eigenvalue weighted by Crippen LogP contribution is 2.19. The number of carbonyl (C=O) groups is 10. The molecule has 8 atom stereocenters. The number of rotatable bonds is 18. The van der Waals surface area contributed by atoms with Crippen molar-refractivity contribution in [3.8, 4) is 0 Å². The number of unbranched alkanes of at least 4 members (excludes halogenated alkanes) is 1. The Morgan fingerprint density at radius 3 is 1.95 bits per heavy atom. The summed E-state index contributed by atoms with van der Waals surface area (Å²) in [6.07, 6.45) is 3.15. The summed E-state index contributed by atoms with van der Waals surface area (Å²) in [4.78, 5) is 141. The van der Waals surface area contributed by atoms with Crippen LogP contribution in [0.3, 0.4) is 0 Å². The van der Waals surface area contributed by atoms with E-state index in [0.29, 0.717) is 18.4 Å². The average Bonchev–Trinajstić information content (AvgIpc) is 3.34. The second kappa shape index (κ2) is 32.0. The van der Waals surface area contributed by atoms with Crippen molar-refractivity contribution in [1.29, 1.82) is 0 Å². The van der Waals surface area contributed by atoms with Gasteiger partial charge in [-0.1, -0.05) is 74.6 Å². The van der Waals surface area contributed by atoms with Crippen molar-refractivity contribution in [2.24, 2.45) is 44.8 Å². The van der Waals surface area contributed by atoms with Crippen LogP contribution in [0.5, 0.6) is 0 Å². The molecule has 26 heteroatoms. The minimum absolute atomic E-state index is 0.00524. The first-order valence-electron chi connectivity index (χ1n) is 24.2. The monoisotopic (exact) mass is 1050 g/mol. The van der Waals surface area contributed by atoms with E-state index in [1.54, 1.807) is 13.0 Å². The predicted octanol–water partition coefficient (Wildman–Crippen LogP) is -1.70. The zero-order valence-electron chi connectivity index (χ0n) is 43.0. The van der Waals surface area contributed by atoms with Gasteiger partial charge in [-0.2, -0.15) is 0 Å². The summed E-state index contributed by atoms with van der Waals surface area (Å²) in [7, 11) is 1.18. The number of ether oxygens (including phenoxy) is 1. The number of guanidine groups is 2. The lowest BCUT2D eigenvalue weighted by molar-refractivity contribution is -0.148. The van der Waals surface area contributed by atoms with E-state index in [1.165, 1.54) is 27.0 Å². The molecule has 75 heavy (non-hydrogen) atoms. The van der Waals surface area contributed by atoms with Gasteiger partial charge in [0, 0.05) is 45.8 Å². The molecular weight excluding hydrogens is 979 g/mol. The summed E-state index contributed by atoms with van der Waals surface area (Å²) in [5.41, 5.74) is 22.8. The van der Waals surface area contributed by atoms with Crippen molar-refractivity contribution in [3.63, 3.8) is 0 Å². The molecule has 1 saturated heterocycles. The molecule has 0 aliphatic carbocycles. The number of likely N-dealkylation sites (N-methyl/N-ethyl adjacent to an activating group) is 1. The third-order valence-corrected chi connectivity index (χ3v) is 11.7. The first-order valence-corrected chi connectivity index (χ1v) is 24.2. The van der Waals surface area contributed by atoms with E-state index in [-0.39, 0.29) is 56.6 Å². The zero-order valence-corrected chi connectivity index (χ0v) is 43.0. The van der Waals surface area contributed by atoms with Gasteiger partial charge in [-0.3, -0.25) is 48.3 Å². The SMILES string of the molecule is C=C1C(=O)NCC(=O)N[C@@H](CCCN=C(N)N)C(=O)N[C@@H](C(=O)O)CC(=O)N[C@@H](CCCCN=C(N)N)C(=O)N[C@@H](/C=C/C(C)=C/[C@H](C)[C@H](Cc2ccccc2)OC(C)=O)[C@H](C)C(=O)N[C@@H](C(=O)O)CCC(=O)N1C. The van der Waals surface area contributed by atoms with Gasteiger partial charge in [0.05, 0.1) is 24.9 Å². The number of carbonyl (C=O) groups excluding carboxylic acids is 8. The predicted molar refractivity (Wildman–Crippen MR) is 275 cm³/mol. The van der Waals surface area contributed by atoms with E-state index in [2.05, 4.69) is 48.5 Å². The minimum Gasteiger partial charge on any atom is -0.480 e. The van der Waals surface area contributed by atoms with Crippen LogP contribution in [0.1, 0.15) is 84.6 Å². The molecule has 1 fully saturated rings. The first kappa shape index (κ1) is 62.8. The second-order valence-electron chi connectivity index (χ2n) is 17.9. The topological polar surface area (TPSA) is 425 Å². The molecule has 0 bridgehead atoms. The lowest BCUT2D eigenvalue weighted by atomic mass is 9.94. The van der Waals surface area contributed by atoms with E-state index in [1.807, 2.05) is 43.3 Å². The fourth-order valence-electron chi connectivity index (χ4n) is 7.42. The van der Waals surface area contributed by atoms with Crippen molar-refractivity contribution in [2.75, 3.05) is 26.7 Å². The van der Waals surface area contributed by atoms with Crippen molar-refractivity contribution < 1.29 is 62.9 Å². The Labute approximate surface area is 435 Å². The number of allylic oxidation sites excluding steroid dienone is 2. The number of aliphatic imine (C=N–C) groups is 2. The van der Waals surface area contributed by atoms with Crippen molar-refractivity contribution in [1.82, 2.24) is 36.8 Å². The molecule has 7 amide bonds. The molecule has 0 saturated carbocycles. The number of esters is 1. The third kappa shape index (κ3) is 23.8. The fourth-order valence-corrected chi connectivity index (χ4v) is 7.42. The molecule has 0 aromatic heterocycles. The van der Waals surface area contributed by atoms with Crippen LogP contribution in [0.2, 0.25) is 0 Å². The Morgan fingerprint density at radius 2 is 1.36 bits per heavy atom. The third-order valence-electron chi connectivity index (χ3n) is 11.7. The van der Waals surface area contributed by atoms with Gasteiger partial charge in [0.25, 0.3) is 5.91 Å². The standard InChI is InChI=1S/C49H73N13O13/c1-27(23-28(2)38(75-31(5)63)24-32-13-8-7-9-14-32)17-18-33-29(3)42(67)60-36(46(71)72)19-20-41(66)62(6)30(4)43(68)56-26-40(65)58-35(16-12-22-55-49(52)53)45(70)61-37(47(73)74)25-39(64)57-34(44(69)59-33)15-10-11-21-54-48(50)51/h7-9,13-14,17-18,23,28-29,33-38H,4,10-12,15-16,19-22,24-26H2,1-3,5-6H3,(H,56,68)(H,57,64)(H,58,65)(H,59,69)(H,60,67)(H,61,70)(H,71,72)(H,73,74)(H4,50,51,54)(H4,52,53,55)/b18-17+,27-23+/t28-,29-,33-,34-,35-,36+,37+,38-/m0/s1. The number of carboxylic acids is 2. The maximum Gasteiger partial charge on any atom is 0.326 e. The van der Waals surface area contributed by atoms with Crippen LogP contribution in [0.25, 0.3) is 0 Å². The number of benzene rings is 1. The molecule has 1 aliphatic rings. The maximum atomic E-state index is 14.4. The lowest BCUT2D eigenvalue weighted by Gasteiger charge is -2.27. The van der Waals surface area contributed by atoms with E-state index < -0.39 is 133 Å². The van der Waals surface area contributed by atoms with Gasteiger partial charge in [-0.05, 0) is 51.0 Å². The van der Waals surface area contributed by atoms with Crippen LogP contribution in [0, 0.1) is 11.8 Å². The summed E-state index contributed by atoms with van der Waals surface area (Å²) in [5, 5.41) is 34.9. The molecule has 1 aromatic carbocycles. The summed E-state index contributed by atoms with van der Waals surface area (Å²) >= 11 is 0. The van der Waals surface area contributed by atoms with Gasteiger partial charge in [0.2, 0.25) is 35.4 Å². The smallest absolute Gasteiger partial charge is 0.326 e. The molecular formula is C49H73N13O13. The highest BCUT2D eigenvalue weighted by molar-refractivity contribution is 5.99. The molecule has 1 aromatic rings. The number of aliphatic carboxylic acids is 2. The van der Waals surface area contributed by atoms with Gasteiger partial charge in [-0.25, -0.2) is 9.59 Å². The summed E-state index contributed by atoms with van der Waals surface area (Å²) in [6.45, 7) is 9.22. The van der Waals surface area contributed by atoms with E-state index in [4.69, 9.17) is 27.7 Å². The van der Waals surface area contributed by atoms with Gasteiger partial charge < -0.3 is 74.7 Å². The van der Waals surface area contributed by atoms with Crippen molar-refractivity contribution >= 4 is 71.2 Å². The molecule has 16 N–H and O–H groups in total. The molecule has 0 unspecified atom stereocenters. The zero-order chi connectivity index (χ0) is 56.4. The Bertz CT molecular complexity index is 2330. The number of amides is 7. The van der Waals surface area contributed by atoms with E-state index >= 15 is 0 Å². The summed E-state index contributed by atoms with van der Waals surface area (Å²) < 4.78 is 5.67. The van der Waals surface area contributed by atoms with Crippen molar-refractivity contribution in [3.05, 3.63) is 72.0 Å². The van der Waals surface area contributed by atoms with E-state index in [9.17, 15) is 58.2 Å². The van der Waals surface area contributed by atoms with Gasteiger partial charge in [0.1, 0.15) is 36.0 Å². The number of nitrogens with zero attached hydrogens (tertiary/aromatic N) is 3. The van der Waals surface area contributed by atoms with Crippen LogP contribution >= 0.6 is 0 Å². The Morgan fingerprint density at radius 1 is 0.800 bits per heavy atom. The Kier molecular flexibility index (Phi) is 26.8. The van der Waals surface area contributed by atoms with Crippen LogP contribution in [0.15, 0.2) is 76.4 Å². The van der Waals surface area contributed by atoms with Crippen LogP contribution in [-0.2, 0) is 59.1 Å². The number of carboxylic acid groups (broad SMARTS) is 2. The molecule has 0 radical (unpaired) electrons. The number of hydrogen-bond donors (Lipinski definition) is 12. The van der Waals surface area contributed by atoms with Crippen molar-refractivity contribution in [2.45, 2.75) is 122 Å². The first-order chi connectivity index (χ1) is 35.3. The molecule has 2 rings (SSSR count). The molecule has 1 aliphatic heterocycles. The van der Waals surface area contributed by atoms with Crippen LogP contribution < -0.4 is 54.8 Å². The Balaban J connectivity index is 2.71. The average molecular weight is 1050 g/mol. The molecule has 1 heterocycles. The normalized spacial score (nSPS) is 22.3. The summed E-state index contributed by atoms with van der Waals surface area (Å²) in [6, 6.07) is 1.66. The lowest BCUT2D eigenvalue weighted by Crippen LogP contribution is -2.55. The molecule has 26 nitrogen and oxygen atoms in total. The van der Waals surface area contributed by atoms with Gasteiger partial charge in [0.15, 0.2) is 11.9 Å². The van der Waals surface area contributed by atoms with E-state index in [0.717, 1.165) is 10.5 Å². The van der Waals surface area contributed by atoms with Gasteiger partial charge in [-0.15, -0.1) is 0 Å². The summed E-state index contributed by atoms with van der Waals surface area (Å²) in [5.74, 6) is -12.3. The highest BCUT2D eigenvalue weighted by Gasteiger charge is 2.33. The fraction of sp³-hybridized carbons (Fsp3) is 0.510. The molecule has 0 spiro atoms. The van der Waals surface area contributed by atoms with Gasteiger partial charge >= 0.3 is 17.9 Å².